The molecule has 3 aromatic rings. The molecule has 0 saturated heterocycles. The minimum absolute atomic E-state index is 0.0410. The van der Waals surface area contributed by atoms with E-state index in [4.69, 9.17) is 4.74 Å². The van der Waals surface area contributed by atoms with E-state index in [1.807, 2.05) is 48.0 Å². The Balaban J connectivity index is 1.50. The van der Waals surface area contributed by atoms with E-state index in [9.17, 15) is 4.79 Å². The summed E-state index contributed by atoms with van der Waals surface area (Å²) in [6.07, 6.45) is 7.77. The molecule has 0 fully saturated rings. The van der Waals surface area contributed by atoms with Gasteiger partial charge in [-0.2, -0.15) is 0 Å². The number of anilines is 1. The molecule has 27 heavy (non-hydrogen) atoms. The van der Waals surface area contributed by atoms with E-state index in [1.54, 1.807) is 11.3 Å². The zero-order valence-electron chi connectivity index (χ0n) is 15.5. The predicted molar refractivity (Wildman–Crippen MR) is 113 cm³/mol. The molecule has 1 amide bonds. The molecule has 0 aliphatic rings. The number of amides is 1. The van der Waals surface area contributed by atoms with E-state index >= 15 is 0 Å². The zero-order valence-corrected chi connectivity index (χ0v) is 16.3. The summed E-state index contributed by atoms with van der Waals surface area (Å²) in [6, 6.07) is 13.5. The van der Waals surface area contributed by atoms with Crippen molar-refractivity contribution in [3.63, 3.8) is 0 Å². The van der Waals surface area contributed by atoms with Crippen molar-refractivity contribution in [3.05, 3.63) is 65.7 Å². The Hall–Kier alpha value is -2.66. The second-order valence-electron chi connectivity index (χ2n) is 6.28. The Morgan fingerprint density at radius 2 is 2.15 bits per heavy atom. The maximum absolute atomic E-state index is 12.4. The van der Waals surface area contributed by atoms with Crippen LogP contribution in [0.15, 0.2) is 60.1 Å². The third kappa shape index (κ3) is 5.93. The Labute approximate surface area is 163 Å². The van der Waals surface area contributed by atoms with Crippen LogP contribution in [-0.4, -0.2) is 17.5 Å². The third-order valence-electron chi connectivity index (χ3n) is 4.06. The summed E-state index contributed by atoms with van der Waals surface area (Å²) >= 11 is 1.56. The van der Waals surface area contributed by atoms with Gasteiger partial charge in [0.2, 0.25) is 5.91 Å². The second kappa shape index (κ2) is 9.88. The molecule has 0 radical (unpaired) electrons. The Morgan fingerprint density at radius 1 is 1.22 bits per heavy atom. The van der Waals surface area contributed by atoms with Crippen molar-refractivity contribution in [3.8, 4) is 5.75 Å². The summed E-state index contributed by atoms with van der Waals surface area (Å²) in [5, 5.41) is 2.96. The van der Waals surface area contributed by atoms with Gasteiger partial charge in [-0.3, -0.25) is 4.79 Å². The van der Waals surface area contributed by atoms with Crippen molar-refractivity contribution in [1.82, 2.24) is 4.98 Å². The second-order valence-corrected chi connectivity index (χ2v) is 7.16. The summed E-state index contributed by atoms with van der Waals surface area (Å²) in [7, 11) is 0. The molecule has 0 atom stereocenters. The Kier molecular flexibility index (Phi) is 6.99. The Morgan fingerprint density at radius 3 is 3.04 bits per heavy atom. The molecular weight excluding hydrogens is 356 g/mol. The number of allylic oxidation sites excluding steroid dienone is 2. The van der Waals surface area contributed by atoms with Crippen LogP contribution in [0, 0.1) is 0 Å². The van der Waals surface area contributed by atoms with E-state index in [1.165, 1.54) is 0 Å². The number of thiazole rings is 1. The van der Waals surface area contributed by atoms with E-state index in [2.05, 4.69) is 29.4 Å². The number of fused-ring (bicyclic) bond motifs is 1. The zero-order chi connectivity index (χ0) is 18.9. The summed E-state index contributed by atoms with van der Waals surface area (Å²) in [6.45, 7) is 2.81. The summed E-state index contributed by atoms with van der Waals surface area (Å²) in [5.41, 5.74) is 4.49. The number of nitrogens with one attached hydrogen (secondary N) is 1. The molecule has 0 unspecified atom stereocenters. The molecule has 4 nitrogen and oxygen atoms in total. The molecule has 2 aromatic carbocycles. The van der Waals surface area contributed by atoms with Crippen molar-refractivity contribution < 1.29 is 9.53 Å². The molecule has 1 heterocycles. The number of carbonyl (C=O) groups excluding carboxylic acids is 1. The average Bonchev–Trinajstić information content (AvgIpc) is 3.12. The van der Waals surface area contributed by atoms with Gasteiger partial charge in [-0.05, 0) is 55.2 Å². The van der Waals surface area contributed by atoms with Gasteiger partial charge in [0, 0.05) is 5.69 Å². The fourth-order valence-electron chi connectivity index (χ4n) is 2.74. The number of aromatic nitrogens is 1. The molecule has 0 aliphatic carbocycles. The third-order valence-corrected chi connectivity index (χ3v) is 4.86. The van der Waals surface area contributed by atoms with Gasteiger partial charge >= 0.3 is 0 Å². The van der Waals surface area contributed by atoms with Crippen molar-refractivity contribution in [2.45, 2.75) is 32.6 Å². The smallest absolute Gasteiger partial charge is 0.228 e. The monoisotopic (exact) mass is 380 g/mol. The molecule has 0 bridgehead atoms. The number of hydrogen-bond donors (Lipinski definition) is 1. The highest BCUT2D eigenvalue weighted by atomic mass is 32.1. The van der Waals surface area contributed by atoms with E-state index in [0.717, 1.165) is 46.5 Å². The molecule has 5 heteroatoms. The first-order chi connectivity index (χ1) is 13.2. The lowest BCUT2D eigenvalue weighted by Gasteiger charge is -2.08. The first-order valence-electron chi connectivity index (χ1n) is 9.24. The average molecular weight is 381 g/mol. The number of hydrogen-bond acceptors (Lipinski definition) is 4. The van der Waals surface area contributed by atoms with E-state index < -0.39 is 0 Å². The van der Waals surface area contributed by atoms with Crippen LogP contribution < -0.4 is 10.1 Å². The largest absolute Gasteiger partial charge is 0.494 e. The first-order valence-corrected chi connectivity index (χ1v) is 10.1. The van der Waals surface area contributed by atoms with Crippen LogP contribution in [-0.2, 0) is 11.2 Å². The summed E-state index contributed by atoms with van der Waals surface area (Å²) in [5.74, 6) is 0.770. The molecule has 3 rings (SSSR count). The van der Waals surface area contributed by atoms with E-state index in [-0.39, 0.29) is 5.91 Å². The fourth-order valence-corrected chi connectivity index (χ4v) is 3.46. The molecule has 1 aromatic heterocycles. The normalized spacial score (nSPS) is 11.1. The molecule has 0 saturated carbocycles. The van der Waals surface area contributed by atoms with Gasteiger partial charge in [0.25, 0.3) is 0 Å². The topological polar surface area (TPSA) is 51.2 Å². The summed E-state index contributed by atoms with van der Waals surface area (Å²) in [4.78, 5) is 16.6. The van der Waals surface area contributed by atoms with Crippen molar-refractivity contribution in [1.29, 1.82) is 0 Å². The van der Waals surface area contributed by atoms with Crippen LogP contribution in [0.5, 0.6) is 5.75 Å². The molecule has 0 spiro atoms. The quantitative estimate of drug-likeness (QED) is 0.388. The number of unbranched alkanes of at least 4 members (excludes halogenated alkanes) is 1. The lowest BCUT2D eigenvalue weighted by atomic mass is 10.1. The maximum Gasteiger partial charge on any atom is 0.228 e. The van der Waals surface area contributed by atoms with Gasteiger partial charge in [-0.15, -0.1) is 11.3 Å². The first kappa shape index (κ1) is 19.1. The summed E-state index contributed by atoms with van der Waals surface area (Å²) < 4.78 is 6.86. The van der Waals surface area contributed by atoms with Crippen LogP contribution in [0.3, 0.4) is 0 Å². The number of rotatable bonds is 9. The standard InChI is InChI=1S/C22H24N2O2S/c1-2-3-4-5-6-12-26-19-9-7-8-17(13-19)14-22(25)24-18-10-11-20-21(15-18)27-16-23-20/h3-4,7-11,13,15-16H,2,5-6,12,14H2,1H3,(H,24,25). The van der Waals surface area contributed by atoms with Gasteiger partial charge in [-0.25, -0.2) is 4.98 Å². The van der Waals surface area contributed by atoms with Gasteiger partial charge in [0.15, 0.2) is 0 Å². The SMILES string of the molecule is CCC=CCCCOc1cccc(CC(=O)Nc2ccc3ncsc3c2)c1. The minimum atomic E-state index is -0.0410. The van der Waals surface area contributed by atoms with Crippen molar-refractivity contribution in [2.24, 2.45) is 0 Å². The van der Waals surface area contributed by atoms with E-state index in [0.29, 0.717) is 13.0 Å². The van der Waals surface area contributed by atoms with Gasteiger partial charge in [0.05, 0.1) is 28.8 Å². The number of nitrogens with zero attached hydrogens (tertiary/aromatic N) is 1. The van der Waals surface area contributed by atoms with Crippen LogP contribution in [0.2, 0.25) is 0 Å². The number of carbonyl (C=O) groups is 1. The molecular formula is C22H24N2O2S. The van der Waals surface area contributed by atoms with Crippen LogP contribution in [0.4, 0.5) is 5.69 Å². The van der Waals surface area contributed by atoms with Gasteiger partial charge < -0.3 is 10.1 Å². The minimum Gasteiger partial charge on any atom is -0.494 e. The lowest BCUT2D eigenvalue weighted by Crippen LogP contribution is -2.14. The predicted octanol–water partition coefficient (Wildman–Crippen LogP) is 5.60. The number of benzene rings is 2. The highest BCUT2D eigenvalue weighted by Gasteiger charge is 2.07. The van der Waals surface area contributed by atoms with Crippen LogP contribution in [0.1, 0.15) is 31.7 Å². The Bertz CT molecular complexity index is 917. The van der Waals surface area contributed by atoms with Gasteiger partial charge in [0.1, 0.15) is 5.75 Å². The molecule has 1 N–H and O–H groups in total. The fraction of sp³-hybridized carbons (Fsp3) is 0.273. The van der Waals surface area contributed by atoms with Crippen molar-refractivity contribution in [2.75, 3.05) is 11.9 Å². The van der Waals surface area contributed by atoms with Crippen molar-refractivity contribution >= 4 is 33.1 Å². The van der Waals surface area contributed by atoms with Crippen LogP contribution >= 0.6 is 11.3 Å². The maximum atomic E-state index is 12.4. The lowest BCUT2D eigenvalue weighted by molar-refractivity contribution is -0.115. The van der Waals surface area contributed by atoms with Crippen LogP contribution in [0.25, 0.3) is 10.2 Å². The molecule has 140 valence electrons. The van der Waals surface area contributed by atoms with Gasteiger partial charge in [-0.1, -0.05) is 31.2 Å². The highest BCUT2D eigenvalue weighted by Crippen LogP contribution is 2.22. The highest BCUT2D eigenvalue weighted by molar-refractivity contribution is 7.16. The molecule has 0 aliphatic heterocycles. The number of ether oxygens (including phenoxy) is 1.